The minimum absolute atomic E-state index is 0.0110. The molecule has 4 nitrogen and oxygen atoms in total. The van der Waals surface area contributed by atoms with E-state index in [-0.39, 0.29) is 11.7 Å². The normalized spacial score (nSPS) is 23.5. The number of halogens is 2. The molecule has 2 rings (SSSR count). The molecule has 3 unspecified atom stereocenters. The van der Waals surface area contributed by atoms with Crippen molar-refractivity contribution >= 4 is 5.91 Å². The highest BCUT2D eigenvalue weighted by Gasteiger charge is 2.26. The molecule has 0 radical (unpaired) electrons. The van der Waals surface area contributed by atoms with E-state index in [1.807, 2.05) is 0 Å². The van der Waals surface area contributed by atoms with Gasteiger partial charge in [-0.3, -0.25) is 4.79 Å². The first-order valence-corrected chi connectivity index (χ1v) is 8.99. The molecule has 3 atom stereocenters. The van der Waals surface area contributed by atoms with Gasteiger partial charge in [-0.1, -0.05) is 38.8 Å². The molecule has 1 aliphatic carbocycles. The Bertz CT molecular complexity index is 537. The van der Waals surface area contributed by atoms with E-state index in [9.17, 15) is 13.6 Å². The summed E-state index contributed by atoms with van der Waals surface area (Å²) < 4.78 is 28.5. The predicted octanol–water partition coefficient (Wildman–Crippen LogP) is 3.36. The Labute approximate surface area is 148 Å². The second-order valence-electron chi connectivity index (χ2n) is 6.88. The number of benzene rings is 1. The van der Waals surface area contributed by atoms with E-state index in [2.05, 4.69) is 29.2 Å². The minimum Gasteiger partial charge on any atom is -0.435 e. The van der Waals surface area contributed by atoms with E-state index in [0.29, 0.717) is 37.4 Å². The average molecular weight is 354 g/mol. The first-order valence-electron chi connectivity index (χ1n) is 8.99. The van der Waals surface area contributed by atoms with Gasteiger partial charge in [-0.25, -0.2) is 0 Å². The molecule has 1 amide bonds. The zero-order chi connectivity index (χ0) is 18.2. The van der Waals surface area contributed by atoms with Crippen LogP contribution < -0.4 is 15.4 Å². The summed E-state index contributed by atoms with van der Waals surface area (Å²) in [6.07, 6.45) is 4.27. The van der Waals surface area contributed by atoms with Crippen molar-refractivity contribution in [1.29, 1.82) is 0 Å². The van der Waals surface area contributed by atoms with E-state index >= 15 is 0 Å². The van der Waals surface area contributed by atoms with Crippen LogP contribution in [0, 0.1) is 11.8 Å². The summed E-state index contributed by atoms with van der Waals surface area (Å²) in [4.78, 5) is 12.0. The van der Waals surface area contributed by atoms with Gasteiger partial charge in [0.05, 0.1) is 6.54 Å². The summed E-state index contributed by atoms with van der Waals surface area (Å²) >= 11 is 0. The lowest BCUT2D eigenvalue weighted by atomic mass is 9.78. The number of hydrogen-bond acceptors (Lipinski definition) is 3. The number of amides is 1. The molecule has 0 aromatic heterocycles. The van der Waals surface area contributed by atoms with Crippen molar-refractivity contribution in [3.05, 3.63) is 29.8 Å². The van der Waals surface area contributed by atoms with E-state index in [1.54, 1.807) is 12.1 Å². The van der Waals surface area contributed by atoms with E-state index < -0.39 is 6.61 Å². The van der Waals surface area contributed by atoms with Crippen molar-refractivity contribution < 1.29 is 18.3 Å². The van der Waals surface area contributed by atoms with Crippen LogP contribution in [0.3, 0.4) is 0 Å². The molecule has 0 bridgehead atoms. The largest absolute Gasteiger partial charge is 0.435 e. The van der Waals surface area contributed by atoms with Gasteiger partial charge in [-0.15, -0.1) is 0 Å². The predicted molar refractivity (Wildman–Crippen MR) is 93.8 cm³/mol. The Morgan fingerprint density at radius 3 is 2.64 bits per heavy atom. The molecule has 25 heavy (non-hydrogen) atoms. The SMILES string of the molecule is CC1CCCC(NCC(=O)NCCc2ccc(OC(F)F)cc2)C1C. The summed E-state index contributed by atoms with van der Waals surface area (Å²) in [5.74, 6) is 1.42. The van der Waals surface area contributed by atoms with Crippen LogP contribution in [0.5, 0.6) is 5.75 Å². The molecule has 0 spiro atoms. The molecule has 140 valence electrons. The molecule has 0 aliphatic heterocycles. The molecular weight excluding hydrogens is 326 g/mol. The third kappa shape index (κ3) is 6.61. The second kappa shape index (κ2) is 9.70. The summed E-state index contributed by atoms with van der Waals surface area (Å²) in [5.41, 5.74) is 0.963. The molecule has 1 aromatic carbocycles. The summed E-state index contributed by atoms with van der Waals surface area (Å²) in [7, 11) is 0. The quantitative estimate of drug-likeness (QED) is 0.753. The van der Waals surface area contributed by atoms with Crippen LogP contribution >= 0.6 is 0 Å². The van der Waals surface area contributed by atoms with E-state index in [1.165, 1.54) is 25.0 Å². The average Bonchev–Trinajstić information content (AvgIpc) is 2.57. The van der Waals surface area contributed by atoms with E-state index in [4.69, 9.17) is 0 Å². The van der Waals surface area contributed by atoms with Crippen LogP contribution in [0.4, 0.5) is 8.78 Å². The fourth-order valence-electron chi connectivity index (χ4n) is 3.34. The maximum Gasteiger partial charge on any atom is 0.387 e. The molecule has 1 saturated carbocycles. The van der Waals surface area contributed by atoms with Gasteiger partial charge in [0.1, 0.15) is 5.75 Å². The van der Waals surface area contributed by atoms with Crippen molar-refractivity contribution in [3.63, 3.8) is 0 Å². The van der Waals surface area contributed by atoms with Crippen LogP contribution in [-0.2, 0) is 11.2 Å². The minimum atomic E-state index is -2.81. The highest BCUT2D eigenvalue weighted by Crippen LogP contribution is 2.29. The molecule has 6 heteroatoms. The molecule has 2 N–H and O–H groups in total. The lowest BCUT2D eigenvalue weighted by molar-refractivity contribution is -0.120. The molecule has 0 heterocycles. The van der Waals surface area contributed by atoms with Gasteiger partial charge < -0.3 is 15.4 Å². The third-order valence-corrected chi connectivity index (χ3v) is 5.12. The van der Waals surface area contributed by atoms with Gasteiger partial charge in [-0.05, 0) is 42.4 Å². The number of nitrogens with one attached hydrogen (secondary N) is 2. The Morgan fingerprint density at radius 2 is 1.96 bits per heavy atom. The first-order chi connectivity index (χ1) is 12.0. The smallest absolute Gasteiger partial charge is 0.387 e. The zero-order valence-corrected chi connectivity index (χ0v) is 14.9. The van der Waals surface area contributed by atoms with Gasteiger partial charge in [0, 0.05) is 12.6 Å². The standard InChI is InChI=1S/C19H28F2N2O2/c1-13-4-3-5-17(14(13)2)23-12-18(24)22-11-10-15-6-8-16(9-7-15)25-19(20)21/h6-9,13-14,17,19,23H,3-5,10-12H2,1-2H3,(H,22,24). The lowest BCUT2D eigenvalue weighted by Gasteiger charge is -2.34. The number of alkyl halides is 2. The van der Waals surface area contributed by atoms with Gasteiger partial charge in [-0.2, -0.15) is 8.78 Å². The van der Waals surface area contributed by atoms with E-state index in [0.717, 1.165) is 12.0 Å². The Balaban J connectivity index is 1.65. The molecule has 1 fully saturated rings. The van der Waals surface area contributed by atoms with Crippen LogP contribution in [0.2, 0.25) is 0 Å². The highest BCUT2D eigenvalue weighted by atomic mass is 19.3. The van der Waals surface area contributed by atoms with Gasteiger partial charge in [0.2, 0.25) is 5.91 Å². The van der Waals surface area contributed by atoms with Crippen LogP contribution in [-0.4, -0.2) is 31.7 Å². The Morgan fingerprint density at radius 1 is 1.24 bits per heavy atom. The van der Waals surface area contributed by atoms with Gasteiger partial charge in [0.15, 0.2) is 0 Å². The van der Waals surface area contributed by atoms with Crippen molar-refractivity contribution in [2.75, 3.05) is 13.1 Å². The molecule has 0 saturated heterocycles. The van der Waals surface area contributed by atoms with Crippen LogP contribution in [0.15, 0.2) is 24.3 Å². The zero-order valence-electron chi connectivity index (χ0n) is 14.9. The molecule has 1 aliphatic rings. The number of rotatable bonds is 8. The second-order valence-corrected chi connectivity index (χ2v) is 6.88. The Hall–Kier alpha value is -1.69. The lowest BCUT2D eigenvalue weighted by Crippen LogP contribution is -2.45. The fraction of sp³-hybridized carbons (Fsp3) is 0.632. The monoisotopic (exact) mass is 354 g/mol. The van der Waals surface area contributed by atoms with Crippen LogP contribution in [0.1, 0.15) is 38.7 Å². The summed E-state index contributed by atoms with van der Waals surface area (Å²) in [6, 6.07) is 6.89. The van der Waals surface area contributed by atoms with Gasteiger partial charge in [0.25, 0.3) is 0 Å². The van der Waals surface area contributed by atoms with Crippen molar-refractivity contribution in [1.82, 2.24) is 10.6 Å². The maximum absolute atomic E-state index is 12.1. The van der Waals surface area contributed by atoms with Crippen molar-refractivity contribution in [2.45, 2.75) is 52.2 Å². The van der Waals surface area contributed by atoms with Crippen molar-refractivity contribution in [3.8, 4) is 5.75 Å². The maximum atomic E-state index is 12.1. The number of hydrogen-bond donors (Lipinski definition) is 2. The number of ether oxygens (including phenoxy) is 1. The number of carbonyl (C=O) groups excluding carboxylic acids is 1. The Kier molecular flexibility index (Phi) is 7.62. The van der Waals surface area contributed by atoms with Crippen molar-refractivity contribution in [2.24, 2.45) is 11.8 Å². The highest BCUT2D eigenvalue weighted by molar-refractivity contribution is 5.78. The van der Waals surface area contributed by atoms with Gasteiger partial charge >= 0.3 is 6.61 Å². The molecular formula is C19H28F2N2O2. The fourth-order valence-corrected chi connectivity index (χ4v) is 3.34. The topological polar surface area (TPSA) is 50.4 Å². The van der Waals surface area contributed by atoms with Crippen LogP contribution in [0.25, 0.3) is 0 Å². The summed E-state index contributed by atoms with van der Waals surface area (Å²) in [5, 5.41) is 6.27. The number of carbonyl (C=O) groups is 1. The first kappa shape index (κ1) is 19.6. The third-order valence-electron chi connectivity index (χ3n) is 5.12. The summed E-state index contributed by atoms with van der Waals surface area (Å²) in [6.45, 7) is 2.57. The molecule has 1 aromatic rings.